The first kappa shape index (κ1) is 28.4. The Bertz CT molecular complexity index is 1510. The fraction of sp³-hybridized carbons (Fsp3) is 0.423. The number of amides is 1. The highest BCUT2D eigenvalue weighted by Gasteiger charge is 2.29. The molecule has 1 aliphatic rings. The summed E-state index contributed by atoms with van der Waals surface area (Å²) in [5.41, 5.74) is 2.97. The van der Waals surface area contributed by atoms with E-state index in [-0.39, 0.29) is 5.75 Å². The number of hydrogen-bond donors (Lipinski definition) is 2. The predicted octanol–water partition coefficient (Wildman–Crippen LogP) is 5.34. The lowest BCUT2D eigenvalue weighted by molar-refractivity contribution is -0.142. The highest BCUT2D eigenvalue weighted by molar-refractivity contribution is 7.93. The van der Waals surface area contributed by atoms with Gasteiger partial charge in [0.2, 0.25) is 0 Å². The molecule has 1 saturated heterocycles. The molecule has 3 aromatic rings. The molecule has 0 bridgehead atoms. The van der Waals surface area contributed by atoms with E-state index < -0.39 is 34.5 Å². The third-order valence-corrected chi connectivity index (χ3v) is 8.65. The van der Waals surface area contributed by atoms with Crippen LogP contribution >= 0.6 is 0 Å². The molecular formula is C26H30F3N5O4S. The minimum atomic E-state index is -4.53. The number of aryl methyl sites for hydroxylation is 2. The summed E-state index contributed by atoms with van der Waals surface area (Å²) < 4.78 is 66.7. The van der Waals surface area contributed by atoms with Crippen LogP contribution in [0, 0.1) is 13.8 Å². The van der Waals surface area contributed by atoms with Crippen LogP contribution in [0.25, 0.3) is 10.9 Å². The van der Waals surface area contributed by atoms with E-state index >= 15 is 0 Å². The molecule has 1 amide bonds. The van der Waals surface area contributed by atoms with Gasteiger partial charge in [-0.05, 0) is 57.4 Å². The van der Waals surface area contributed by atoms with Crippen LogP contribution in [0.15, 0.2) is 35.0 Å². The maximum absolute atomic E-state index is 13.1. The second-order valence-electron chi connectivity index (χ2n) is 9.37. The lowest BCUT2D eigenvalue weighted by Gasteiger charge is -2.20. The van der Waals surface area contributed by atoms with Crippen LogP contribution in [-0.2, 0) is 14.5 Å². The van der Waals surface area contributed by atoms with Crippen molar-refractivity contribution in [2.75, 3.05) is 30.5 Å². The minimum absolute atomic E-state index is 0.255. The molecular weight excluding hydrogens is 535 g/mol. The van der Waals surface area contributed by atoms with E-state index in [1.165, 1.54) is 20.4 Å². The van der Waals surface area contributed by atoms with E-state index in [4.69, 9.17) is 9.47 Å². The first-order chi connectivity index (χ1) is 18.4. The summed E-state index contributed by atoms with van der Waals surface area (Å²) in [6, 6.07) is 6.93. The molecule has 2 heterocycles. The van der Waals surface area contributed by atoms with Gasteiger partial charge in [0, 0.05) is 22.5 Å². The van der Waals surface area contributed by atoms with Gasteiger partial charge in [-0.3, -0.25) is 4.79 Å². The number of nitrogens with zero attached hydrogens (tertiary/aromatic N) is 3. The quantitative estimate of drug-likeness (QED) is 0.379. The average molecular weight is 566 g/mol. The Balaban J connectivity index is 1.69. The van der Waals surface area contributed by atoms with Gasteiger partial charge in [-0.1, -0.05) is 6.07 Å². The largest absolute Gasteiger partial charge is 0.494 e. The number of halogens is 3. The zero-order valence-corrected chi connectivity index (χ0v) is 22.8. The number of rotatable bonds is 8. The molecule has 2 aromatic carbocycles. The molecule has 13 heteroatoms. The van der Waals surface area contributed by atoms with Gasteiger partial charge < -0.3 is 20.1 Å². The number of hydrogen-bond acceptors (Lipinski definition) is 8. The van der Waals surface area contributed by atoms with E-state index in [0.29, 0.717) is 50.9 Å². The maximum atomic E-state index is 13.1. The normalized spacial score (nSPS) is 15.6. The lowest BCUT2D eigenvalue weighted by atomic mass is 10.1. The van der Waals surface area contributed by atoms with Gasteiger partial charge in [0.15, 0.2) is 6.10 Å². The molecule has 1 atom stereocenters. The first-order valence-corrected chi connectivity index (χ1v) is 14.2. The van der Waals surface area contributed by atoms with Crippen LogP contribution in [0.5, 0.6) is 11.5 Å². The van der Waals surface area contributed by atoms with Crippen LogP contribution in [0.2, 0.25) is 0 Å². The molecule has 0 radical (unpaired) electrons. The second-order valence-corrected chi connectivity index (χ2v) is 11.9. The number of benzene rings is 2. The average Bonchev–Trinajstić information content (AvgIpc) is 3.29. The Morgan fingerprint density at radius 3 is 2.56 bits per heavy atom. The third-order valence-electron chi connectivity index (χ3n) is 6.27. The summed E-state index contributed by atoms with van der Waals surface area (Å²) in [5, 5.41) is 5.67. The van der Waals surface area contributed by atoms with Crippen LogP contribution in [0.4, 0.5) is 30.4 Å². The molecule has 210 valence electrons. The van der Waals surface area contributed by atoms with Crippen LogP contribution < -0.4 is 20.1 Å². The van der Waals surface area contributed by atoms with Crippen LogP contribution in [-0.4, -0.2) is 57.5 Å². The van der Waals surface area contributed by atoms with Gasteiger partial charge in [0.05, 0.1) is 28.0 Å². The third kappa shape index (κ3) is 6.70. The number of methoxy groups -OCH3 is 1. The fourth-order valence-corrected chi connectivity index (χ4v) is 6.55. The van der Waals surface area contributed by atoms with Crippen molar-refractivity contribution in [2.24, 2.45) is 4.36 Å². The van der Waals surface area contributed by atoms with Crippen molar-refractivity contribution in [1.82, 2.24) is 15.3 Å². The Labute approximate surface area is 224 Å². The fourth-order valence-electron chi connectivity index (χ4n) is 4.36. The van der Waals surface area contributed by atoms with E-state index in [1.807, 2.05) is 25.2 Å². The monoisotopic (exact) mass is 565 g/mol. The molecule has 1 fully saturated rings. The molecule has 0 unspecified atom stereocenters. The number of alkyl halides is 3. The van der Waals surface area contributed by atoms with E-state index in [9.17, 15) is 22.2 Å². The molecule has 9 nitrogen and oxygen atoms in total. The second kappa shape index (κ2) is 11.2. The van der Waals surface area contributed by atoms with Gasteiger partial charge in [-0.25, -0.2) is 14.2 Å². The predicted molar refractivity (Wildman–Crippen MR) is 144 cm³/mol. The smallest absolute Gasteiger partial charge is 0.405 e. The summed E-state index contributed by atoms with van der Waals surface area (Å²) in [4.78, 5) is 21.0. The van der Waals surface area contributed by atoms with Gasteiger partial charge >= 0.3 is 6.18 Å². The van der Waals surface area contributed by atoms with Crippen molar-refractivity contribution in [1.29, 1.82) is 0 Å². The molecule has 1 aliphatic heterocycles. The van der Waals surface area contributed by atoms with E-state index in [0.717, 1.165) is 18.4 Å². The Morgan fingerprint density at radius 2 is 1.90 bits per heavy atom. The standard InChI is InChI=1S/C26H30F3N5O4S/c1-15-7-8-18(21(11-15)38-17(3)25(35)30-13-26(27,28)29)33-24-22-16(2)23(37-4)20(12-19(22)31-14-32-24)34-39(36)9-5-6-10-39/h7-8,11-12,14,17H,5-6,9-10,13H2,1-4H3,(H,30,35)(H,31,32,33)/t17-/m1/s1. The van der Waals surface area contributed by atoms with E-state index in [2.05, 4.69) is 19.6 Å². The van der Waals surface area contributed by atoms with Gasteiger partial charge in [0.1, 0.15) is 35.9 Å². The Kier molecular flexibility index (Phi) is 8.19. The minimum Gasteiger partial charge on any atom is -0.494 e. The number of anilines is 2. The molecule has 1 aromatic heterocycles. The van der Waals surface area contributed by atoms with Gasteiger partial charge in [0.25, 0.3) is 5.91 Å². The zero-order valence-electron chi connectivity index (χ0n) is 22.0. The Morgan fingerprint density at radius 1 is 1.18 bits per heavy atom. The van der Waals surface area contributed by atoms with Crippen molar-refractivity contribution < 1.29 is 31.6 Å². The topological polar surface area (TPSA) is 115 Å². The molecule has 4 rings (SSSR count). The van der Waals surface area contributed by atoms with E-state index in [1.54, 1.807) is 18.2 Å². The maximum Gasteiger partial charge on any atom is 0.405 e. The SMILES string of the molecule is COc1c(N=S2(=O)CCCC2)cc2ncnc(Nc3ccc(C)cc3O[C@H](C)C(=O)NCC(F)(F)F)c2c1C. The zero-order chi connectivity index (χ0) is 28.4. The Hall–Kier alpha value is -3.61. The summed E-state index contributed by atoms with van der Waals surface area (Å²) in [5.74, 6) is 1.33. The van der Waals surface area contributed by atoms with Crippen LogP contribution in [0.1, 0.15) is 30.9 Å². The number of carbonyl (C=O) groups is 1. The number of nitrogens with one attached hydrogen (secondary N) is 2. The number of ether oxygens (including phenoxy) is 2. The molecule has 2 N–H and O–H groups in total. The van der Waals surface area contributed by atoms with Crippen molar-refractivity contribution in [2.45, 2.75) is 45.9 Å². The first-order valence-electron chi connectivity index (χ1n) is 12.3. The number of fused-ring (bicyclic) bond motifs is 1. The summed E-state index contributed by atoms with van der Waals surface area (Å²) >= 11 is 0. The summed E-state index contributed by atoms with van der Waals surface area (Å²) in [7, 11) is -0.833. The summed E-state index contributed by atoms with van der Waals surface area (Å²) in [6.45, 7) is 3.57. The van der Waals surface area contributed by atoms with Crippen molar-refractivity contribution in [3.63, 3.8) is 0 Å². The van der Waals surface area contributed by atoms with Crippen molar-refractivity contribution in [3.05, 3.63) is 41.7 Å². The summed E-state index contributed by atoms with van der Waals surface area (Å²) in [6.07, 6.45) is -2.61. The highest BCUT2D eigenvalue weighted by Crippen LogP contribution is 2.41. The number of aromatic nitrogens is 2. The molecule has 0 saturated carbocycles. The molecule has 0 aliphatic carbocycles. The van der Waals surface area contributed by atoms with Crippen molar-refractivity contribution in [3.8, 4) is 11.5 Å². The van der Waals surface area contributed by atoms with Gasteiger partial charge in [-0.15, -0.1) is 0 Å². The highest BCUT2D eigenvalue weighted by atomic mass is 32.2. The van der Waals surface area contributed by atoms with Crippen LogP contribution in [0.3, 0.4) is 0 Å². The van der Waals surface area contributed by atoms with Crippen molar-refractivity contribution >= 4 is 43.7 Å². The van der Waals surface area contributed by atoms with Gasteiger partial charge in [-0.2, -0.15) is 17.5 Å². The molecule has 39 heavy (non-hydrogen) atoms. The molecule has 0 spiro atoms. The number of carbonyl (C=O) groups excluding carboxylic acids is 1. The lowest BCUT2D eigenvalue weighted by Crippen LogP contribution is -2.41.